The molecule has 0 unspecified atom stereocenters. The maximum absolute atomic E-state index is 9.11. The van der Waals surface area contributed by atoms with Crippen LogP contribution < -0.4 is 11.1 Å². The van der Waals surface area contributed by atoms with Gasteiger partial charge in [-0.25, -0.2) is 4.98 Å². The number of nitrogens with two attached hydrogens (primary N) is 1. The number of aromatic nitrogens is 4. The largest absolute Gasteiger partial charge is 0.382 e. The number of hydrogen-bond donors (Lipinski definition) is 2. The Morgan fingerprint density at radius 1 is 1.44 bits per heavy atom. The molecule has 0 atom stereocenters. The Morgan fingerprint density at radius 2 is 2.22 bits per heavy atom. The molecular formula is C11H13N7. The Balaban J connectivity index is 2.51. The fraction of sp³-hybridized carbons (Fsp3) is 0.273. The zero-order valence-electron chi connectivity index (χ0n) is 10.1. The summed E-state index contributed by atoms with van der Waals surface area (Å²) in [4.78, 5) is 8.04. The van der Waals surface area contributed by atoms with E-state index in [2.05, 4.69) is 20.4 Å². The summed E-state index contributed by atoms with van der Waals surface area (Å²) in [6.07, 6.45) is 4.63. The second-order valence-electron chi connectivity index (χ2n) is 4.00. The molecular weight excluding hydrogens is 230 g/mol. The van der Waals surface area contributed by atoms with Gasteiger partial charge in [0.1, 0.15) is 17.5 Å². The first-order valence-electron chi connectivity index (χ1n) is 5.45. The number of nitrogen functional groups attached to an aromatic ring is 1. The summed E-state index contributed by atoms with van der Waals surface area (Å²) in [5, 5.41) is 16.4. The normalized spacial score (nSPS) is 10.3. The van der Waals surface area contributed by atoms with E-state index in [1.807, 2.05) is 19.9 Å². The van der Waals surface area contributed by atoms with Gasteiger partial charge in [-0.1, -0.05) is 0 Å². The number of rotatable bonds is 3. The molecule has 3 N–H and O–H groups in total. The molecule has 7 nitrogen and oxygen atoms in total. The van der Waals surface area contributed by atoms with Gasteiger partial charge in [0, 0.05) is 18.4 Å². The van der Waals surface area contributed by atoms with Crippen molar-refractivity contribution in [3.05, 3.63) is 24.2 Å². The molecule has 0 bridgehead atoms. The Hall–Kier alpha value is -2.62. The van der Waals surface area contributed by atoms with Crippen molar-refractivity contribution in [2.45, 2.75) is 19.9 Å². The van der Waals surface area contributed by atoms with Gasteiger partial charge >= 0.3 is 0 Å². The Morgan fingerprint density at radius 3 is 2.78 bits per heavy atom. The highest BCUT2D eigenvalue weighted by molar-refractivity contribution is 5.65. The van der Waals surface area contributed by atoms with Crippen LogP contribution in [0, 0.1) is 11.3 Å². The van der Waals surface area contributed by atoms with Crippen LogP contribution in [0.2, 0.25) is 0 Å². The van der Waals surface area contributed by atoms with Crippen molar-refractivity contribution >= 4 is 11.6 Å². The summed E-state index contributed by atoms with van der Waals surface area (Å²) in [7, 11) is 0. The molecule has 2 heterocycles. The van der Waals surface area contributed by atoms with E-state index < -0.39 is 0 Å². The molecule has 2 aromatic rings. The van der Waals surface area contributed by atoms with Gasteiger partial charge in [0.15, 0.2) is 11.6 Å². The van der Waals surface area contributed by atoms with Gasteiger partial charge in [0.05, 0.1) is 6.20 Å². The first kappa shape index (κ1) is 11.9. The molecule has 0 aliphatic rings. The van der Waals surface area contributed by atoms with E-state index in [4.69, 9.17) is 11.0 Å². The van der Waals surface area contributed by atoms with Crippen LogP contribution in [0.15, 0.2) is 18.6 Å². The molecule has 0 radical (unpaired) electrons. The average molecular weight is 243 g/mol. The lowest BCUT2D eigenvalue weighted by Gasteiger charge is -2.05. The zero-order chi connectivity index (χ0) is 13.1. The maximum Gasteiger partial charge on any atom is 0.174 e. The molecule has 0 aliphatic heterocycles. The van der Waals surface area contributed by atoms with Crippen molar-refractivity contribution in [1.82, 2.24) is 19.7 Å². The van der Waals surface area contributed by atoms with E-state index in [-0.39, 0.29) is 11.9 Å². The summed E-state index contributed by atoms with van der Waals surface area (Å²) in [6, 6.07) is 2.19. The minimum Gasteiger partial charge on any atom is -0.382 e. The van der Waals surface area contributed by atoms with Gasteiger partial charge < -0.3 is 11.1 Å². The first-order chi connectivity index (χ1) is 8.63. The molecule has 0 saturated heterocycles. The van der Waals surface area contributed by atoms with Crippen molar-refractivity contribution in [2.75, 3.05) is 11.1 Å². The van der Waals surface area contributed by atoms with E-state index in [1.54, 1.807) is 6.20 Å². The Labute approximate surface area is 104 Å². The van der Waals surface area contributed by atoms with Gasteiger partial charge in [-0.2, -0.15) is 9.94 Å². The number of nitriles is 1. The summed E-state index contributed by atoms with van der Waals surface area (Å²) >= 11 is 0. The average Bonchev–Trinajstić information content (AvgIpc) is 2.66. The molecule has 7 heteroatoms. The highest BCUT2D eigenvalue weighted by Crippen LogP contribution is 2.23. The number of nitrogens with one attached hydrogen (secondary N) is 1. The van der Waals surface area contributed by atoms with Crippen LogP contribution in [0.3, 0.4) is 0 Å². The van der Waals surface area contributed by atoms with E-state index >= 15 is 0 Å². The van der Waals surface area contributed by atoms with E-state index in [0.29, 0.717) is 17.2 Å². The fourth-order valence-corrected chi connectivity index (χ4v) is 1.49. The van der Waals surface area contributed by atoms with Crippen molar-refractivity contribution in [3.8, 4) is 11.9 Å². The molecule has 2 rings (SSSR count). The second kappa shape index (κ2) is 4.71. The third kappa shape index (κ3) is 2.08. The molecule has 0 amide bonds. The SMILES string of the molecule is CC(C)Nc1nn(-c2cnccn2)c(N)c1C#N. The highest BCUT2D eigenvalue weighted by Gasteiger charge is 2.17. The van der Waals surface area contributed by atoms with Gasteiger partial charge in [-0.05, 0) is 13.8 Å². The topological polar surface area (TPSA) is 105 Å². The zero-order valence-corrected chi connectivity index (χ0v) is 10.1. The third-order valence-electron chi connectivity index (χ3n) is 2.22. The van der Waals surface area contributed by atoms with Gasteiger partial charge in [-0.15, -0.1) is 5.10 Å². The van der Waals surface area contributed by atoms with Crippen molar-refractivity contribution in [3.63, 3.8) is 0 Å². The summed E-state index contributed by atoms with van der Waals surface area (Å²) in [5.74, 6) is 1.18. The van der Waals surface area contributed by atoms with Crippen LogP contribution in [0.5, 0.6) is 0 Å². The lowest BCUT2D eigenvalue weighted by Crippen LogP contribution is -2.11. The quantitative estimate of drug-likeness (QED) is 0.830. The van der Waals surface area contributed by atoms with Crippen molar-refractivity contribution in [1.29, 1.82) is 5.26 Å². The van der Waals surface area contributed by atoms with Crippen LogP contribution in [0.1, 0.15) is 19.4 Å². The van der Waals surface area contributed by atoms with Gasteiger partial charge in [0.25, 0.3) is 0 Å². The molecule has 2 aromatic heterocycles. The van der Waals surface area contributed by atoms with Crippen LogP contribution in [-0.4, -0.2) is 25.8 Å². The fourth-order valence-electron chi connectivity index (χ4n) is 1.49. The summed E-state index contributed by atoms with van der Waals surface area (Å²) < 4.78 is 1.40. The minimum absolute atomic E-state index is 0.154. The van der Waals surface area contributed by atoms with Crippen LogP contribution in [0.4, 0.5) is 11.6 Å². The van der Waals surface area contributed by atoms with Crippen LogP contribution in [0.25, 0.3) is 5.82 Å². The molecule has 0 spiro atoms. The summed E-state index contributed by atoms with van der Waals surface area (Å²) in [6.45, 7) is 3.91. The van der Waals surface area contributed by atoms with Crippen LogP contribution >= 0.6 is 0 Å². The smallest absolute Gasteiger partial charge is 0.174 e. The lowest BCUT2D eigenvalue weighted by atomic mass is 10.3. The van der Waals surface area contributed by atoms with Crippen LogP contribution in [-0.2, 0) is 0 Å². The Bertz CT molecular complexity index is 579. The number of hydrogen-bond acceptors (Lipinski definition) is 6. The number of nitrogens with zero attached hydrogens (tertiary/aromatic N) is 5. The summed E-state index contributed by atoms with van der Waals surface area (Å²) in [5.41, 5.74) is 6.21. The lowest BCUT2D eigenvalue weighted by molar-refractivity contribution is 0.827. The van der Waals surface area contributed by atoms with Crippen molar-refractivity contribution < 1.29 is 0 Å². The standard InChI is InChI=1S/C11H13N7/c1-7(2)16-11-8(5-12)10(13)18(17-11)9-6-14-3-4-15-9/h3-4,6-7H,13H2,1-2H3,(H,16,17). The molecule has 92 valence electrons. The van der Waals surface area contributed by atoms with Crippen molar-refractivity contribution in [2.24, 2.45) is 0 Å². The van der Waals surface area contributed by atoms with E-state index in [0.717, 1.165) is 0 Å². The van der Waals surface area contributed by atoms with Gasteiger partial charge in [0.2, 0.25) is 0 Å². The predicted octanol–water partition coefficient (Wildman–Crippen LogP) is 0.936. The number of anilines is 2. The van der Waals surface area contributed by atoms with Gasteiger partial charge in [-0.3, -0.25) is 4.98 Å². The molecule has 0 aromatic carbocycles. The maximum atomic E-state index is 9.11. The predicted molar refractivity (Wildman–Crippen MR) is 67.0 cm³/mol. The van der Waals surface area contributed by atoms with E-state index in [9.17, 15) is 0 Å². The Kier molecular flexibility index (Phi) is 3.10. The second-order valence-corrected chi connectivity index (χ2v) is 4.00. The minimum atomic E-state index is 0.154. The molecule has 0 aliphatic carbocycles. The van der Waals surface area contributed by atoms with E-state index in [1.165, 1.54) is 17.1 Å². The monoisotopic (exact) mass is 243 g/mol. The highest BCUT2D eigenvalue weighted by atomic mass is 15.4. The first-order valence-corrected chi connectivity index (χ1v) is 5.45. The molecule has 0 saturated carbocycles. The third-order valence-corrected chi connectivity index (χ3v) is 2.22. The molecule has 0 fully saturated rings. The molecule has 18 heavy (non-hydrogen) atoms.